The van der Waals surface area contributed by atoms with Gasteiger partial charge in [-0.3, -0.25) is 0 Å². The molecule has 0 saturated heterocycles. The van der Waals surface area contributed by atoms with Gasteiger partial charge in [0.15, 0.2) is 5.71 Å². The SMILES string of the molecule is C[N+]1=C(/C=C/C=C/C2=C3C=C(c4ccccc4)OC(c4ccccc4)=C3CCC2)C(C)(C)c2ccccc21.[O-][Cl+3]([O-])([O-])[O-]. The van der Waals surface area contributed by atoms with E-state index in [2.05, 4.69) is 135 Å². The zero-order valence-corrected chi connectivity index (χ0v) is 25.2. The number of ether oxygens (including phenoxy) is 1. The lowest BCUT2D eigenvalue weighted by molar-refractivity contribution is -2.00. The predicted octanol–water partition coefficient (Wildman–Crippen LogP) is 4.01. The maximum absolute atomic E-state index is 8.49. The van der Waals surface area contributed by atoms with Crippen molar-refractivity contribution in [2.24, 2.45) is 0 Å². The van der Waals surface area contributed by atoms with Gasteiger partial charge in [0.25, 0.3) is 0 Å². The minimum atomic E-state index is -4.94. The van der Waals surface area contributed by atoms with Crippen molar-refractivity contribution in [3.05, 3.63) is 149 Å². The summed E-state index contributed by atoms with van der Waals surface area (Å²) in [4.78, 5) is 0. The van der Waals surface area contributed by atoms with Crippen LogP contribution in [0.3, 0.4) is 0 Å². The third-order valence-electron chi connectivity index (χ3n) is 8.00. The average Bonchev–Trinajstić information content (AvgIpc) is 3.19. The number of halogens is 1. The van der Waals surface area contributed by atoms with Crippen molar-refractivity contribution in [1.29, 1.82) is 0 Å². The van der Waals surface area contributed by atoms with Crippen LogP contribution in [-0.4, -0.2) is 17.3 Å². The van der Waals surface area contributed by atoms with Crippen molar-refractivity contribution in [2.75, 3.05) is 7.05 Å². The van der Waals surface area contributed by atoms with Gasteiger partial charge in [-0.15, -0.1) is 10.2 Å². The fourth-order valence-electron chi connectivity index (χ4n) is 6.03. The summed E-state index contributed by atoms with van der Waals surface area (Å²) >= 11 is 0. The molecular formula is C36H34ClNO5. The summed E-state index contributed by atoms with van der Waals surface area (Å²) in [5, 5.41) is 0. The second-order valence-corrected chi connectivity index (χ2v) is 11.9. The Bertz CT molecular complexity index is 1670. The van der Waals surface area contributed by atoms with Crippen LogP contribution >= 0.6 is 0 Å². The molecule has 2 heterocycles. The Kier molecular flexibility index (Phi) is 8.97. The molecule has 3 aromatic carbocycles. The number of nitrogens with zero attached hydrogens (tertiary/aromatic N) is 1. The minimum absolute atomic E-state index is 0.0169. The van der Waals surface area contributed by atoms with E-state index < -0.39 is 10.2 Å². The van der Waals surface area contributed by atoms with E-state index >= 15 is 0 Å². The largest absolute Gasteiger partial charge is 0.456 e. The first-order chi connectivity index (χ1) is 20.5. The van der Waals surface area contributed by atoms with Crippen molar-refractivity contribution >= 4 is 22.9 Å². The Labute approximate surface area is 255 Å². The lowest BCUT2D eigenvalue weighted by Crippen LogP contribution is -2.68. The Hall–Kier alpha value is -4.04. The van der Waals surface area contributed by atoms with Gasteiger partial charge in [0, 0.05) is 34.4 Å². The van der Waals surface area contributed by atoms with Crippen LogP contribution < -0.4 is 18.6 Å². The van der Waals surface area contributed by atoms with Gasteiger partial charge in [-0.1, -0.05) is 97.1 Å². The fourth-order valence-corrected chi connectivity index (χ4v) is 6.03. The number of benzene rings is 3. The monoisotopic (exact) mass is 595 g/mol. The smallest absolute Gasteiger partial charge is 0.209 e. The molecule has 0 atom stereocenters. The molecule has 3 aromatic rings. The number of hydrogen-bond donors (Lipinski definition) is 0. The summed E-state index contributed by atoms with van der Waals surface area (Å²) in [6.45, 7) is 4.62. The van der Waals surface area contributed by atoms with Crippen LogP contribution in [0.4, 0.5) is 5.69 Å². The second kappa shape index (κ2) is 12.7. The van der Waals surface area contributed by atoms with Crippen LogP contribution in [0.25, 0.3) is 11.5 Å². The van der Waals surface area contributed by atoms with E-state index in [1.807, 2.05) is 6.07 Å². The van der Waals surface area contributed by atoms with Crippen LogP contribution in [0.5, 0.6) is 0 Å². The molecule has 0 aromatic heterocycles. The standard InChI is InChI=1S/C36H34NO.ClHO4/c1-36(2)31-22-11-12-23-32(31)37(3)34(36)24-13-10-15-26-20-14-21-29-30(26)25-33(27-16-6-4-7-17-27)38-35(29)28-18-8-5-9-19-28;2-1(3,4)5/h4-13,15-19,22-25H,14,20-21H2,1-3H3;(H,2,3,4,5)/q+1;/p-1/b15-10+,24-13+;. The molecule has 0 N–H and O–H groups in total. The Morgan fingerprint density at radius 2 is 1.35 bits per heavy atom. The average molecular weight is 596 g/mol. The molecule has 0 unspecified atom stereocenters. The van der Waals surface area contributed by atoms with Crippen molar-refractivity contribution in [1.82, 2.24) is 0 Å². The Morgan fingerprint density at radius 1 is 0.767 bits per heavy atom. The molecular weight excluding hydrogens is 562 g/mol. The van der Waals surface area contributed by atoms with Gasteiger partial charge in [0.2, 0.25) is 5.69 Å². The first kappa shape index (κ1) is 30.4. The van der Waals surface area contributed by atoms with Gasteiger partial charge < -0.3 is 4.74 Å². The summed E-state index contributed by atoms with van der Waals surface area (Å²) in [7, 11) is -2.77. The molecule has 0 fully saturated rings. The lowest BCUT2D eigenvalue weighted by Gasteiger charge is -2.28. The quantitative estimate of drug-likeness (QED) is 0.327. The number of hydrogen-bond acceptors (Lipinski definition) is 5. The number of fused-ring (bicyclic) bond motifs is 2. The maximum Gasteiger partial charge on any atom is 0.209 e. The van der Waals surface area contributed by atoms with Crippen molar-refractivity contribution in [2.45, 2.75) is 38.5 Å². The lowest BCUT2D eigenvalue weighted by atomic mass is 9.81. The molecule has 0 spiro atoms. The number of allylic oxidation sites excluding steroid dienone is 8. The molecule has 43 heavy (non-hydrogen) atoms. The zero-order valence-electron chi connectivity index (χ0n) is 24.5. The first-order valence-corrected chi connectivity index (χ1v) is 15.4. The van der Waals surface area contributed by atoms with Crippen LogP contribution in [0.15, 0.2) is 132 Å². The van der Waals surface area contributed by atoms with Gasteiger partial charge in [-0.2, -0.15) is 4.58 Å². The van der Waals surface area contributed by atoms with E-state index in [0.29, 0.717) is 0 Å². The Balaban J connectivity index is 0.000000682. The first-order valence-electron chi connectivity index (χ1n) is 14.2. The van der Waals surface area contributed by atoms with E-state index in [4.69, 9.17) is 23.4 Å². The normalized spacial score (nSPS) is 17.9. The molecule has 0 bridgehead atoms. The molecule has 6 rings (SSSR count). The van der Waals surface area contributed by atoms with Crippen molar-refractivity contribution in [3.63, 3.8) is 0 Å². The molecule has 1 aliphatic carbocycles. The minimum Gasteiger partial charge on any atom is -0.456 e. The highest BCUT2D eigenvalue weighted by molar-refractivity contribution is 6.03. The molecule has 0 saturated carbocycles. The van der Waals surface area contributed by atoms with Gasteiger partial charge in [0.05, 0.1) is 5.41 Å². The molecule has 3 aliphatic rings. The summed E-state index contributed by atoms with van der Waals surface area (Å²) in [6, 6.07) is 29.7. The van der Waals surface area contributed by atoms with E-state index in [1.54, 1.807) is 0 Å². The third-order valence-corrected chi connectivity index (χ3v) is 8.00. The molecule has 0 amide bonds. The predicted molar refractivity (Wildman–Crippen MR) is 158 cm³/mol. The summed E-state index contributed by atoms with van der Waals surface area (Å²) in [5.74, 6) is 1.90. The zero-order chi connectivity index (χ0) is 30.6. The van der Waals surface area contributed by atoms with E-state index in [-0.39, 0.29) is 5.41 Å². The molecule has 6 nitrogen and oxygen atoms in total. The summed E-state index contributed by atoms with van der Waals surface area (Å²) < 4.78 is 42.9. The highest BCUT2D eigenvalue weighted by atomic mass is 35.7. The molecule has 0 radical (unpaired) electrons. The van der Waals surface area contributed by atoms with Gasteiger partial charge in [0.1, 0.15) is 18.6 Å². The number of para-hydroxylation sites is 1. The second-order valence-electron chi connectivity index (χ2n) is 11.1. The van der Waals surface area contributed by atoms with E-state index in [1.165, 1.54) is 33.7 Å². The topological polar surface area (TPSA) is 104 Å². The third kappa shape index (κ3) is 6.96. The van der Waals surface area contributed by atoms with Crippen LogP contribution in [0.1, 0.15) is 49.8 Å². The van der Waals surface area contributed by atoms with Gasteiger partial charge in [-0.25, -0.2) is 18.6 Å². The van der Waals surface area contributed by atoms with Crippen LogP contribution in [-0.2, 0) is 10.2 Å². The van der Waals surface area contributed by atoms with E-state index in [0.717, 1.165) is 41.9 Å². The highest BCUT2D eigenvalue weighted by Gasteiger charge is 2.42. The molecule has 2 aliphatic heterocycles. The van der Waals surface area contributed by atoms with Crippen LogP contribution in [0, 0.1) is 10.2 Å². The highest BCUT2D eigenvalue weighted by Crippen LogP contribution is 2.43. The fraction of sp³-hybridized carbons (Fsp3) is 0.194. The molecule has 220 valence electrons. The van der Waals surface area contributed by atoms with Crippen LogP contribution in [0.2, 0.25) is 0 Å². The van der Waals surface area contributed by atoms with Gasteiger partial charge >= 0.3 is 0 Å². The summed E-state index contributed by atoms with van der Waals surface area (Å²) in [6.07, 6.45) is 14.4. The molecule has 7 heteroatoms. The van der Waals surface area contributed by atoms with Gasteiger partial charge in [-0.05, 0) is 50.3 Å². The van der Waals surface area contributed by atoms with Crippen molar-refractivity contribution in [3.8, 4) is 0 Å². The van der Waals surface area contributed by atoms with E-state index in [9.17, 15) is 0 Å². The van der Waals surface area contributed by atoms with Crippen molar-refractivity contribution < 1.29 is 38.2 Å². The summed E-state index contributed by atoms with van der Waals surface area (Å²) in [5.41, 5.74) is 10.2. The number of rotatable bonds is 5. The Morgan fingerprint density at radius 3 is 2.00 bits per heavy atom. The maximum atomic E-state index is 8.49.